The van der Waals surface area contributed by atoms with Gasteiger partial charge in [0.1, 0.15) is 11.3 Å². The molecule has 0 aliphatic heterocycles. The first-order valence-electron chi connectivity index (χ1n) is 19.7. The standard InChI is InChI=1S/C54H42O/c1-3-17-44-40(4-2)52(45-23-11-6-12-24-46(45)53(44)48-26-16-25-47-43-22-10-7-13-27-51(43)55-54(47)48)39-31-30-38-33-49(37-29-28-35-18-14-15-19-36(35)32-37)41-20-8-5-9-21-42(41)50(38)34-39/h4-8,10-21,24-34H,3,9,22-23H2,1-2H3/b40-4+,44-17+. The maximum absolute atomic E-state index is 6.77. The zero-order chi connectivity index (χ0) is 36.9. The third-order valence-electron chi connectivity index (χ3n) is 11.6. The summed E-state index contributed by atoms with van der Waals surface area (Å²) in [5, 5.41) is 11.4. The van der Waals surface area contributed by atoms with Crippen molar-refractivity contribution in [3.8, 4) is 33.4 Å². The fraction of sp³-hybridized carbons (Fsp3) is 0.111. The van der Waals surface area contributed by atoms with Crippen molar-refractivity contribution in [2.75, 3.05) is 0 Å². The van der Waals surface area contributed by atoms with Crippen molar-refractivity contribution in [1.82, 2.24) is 0 Å². The highest BCUT2D eigenvalue weighted by atomic mass is 16.3. The maximum Gasteiger partial charge on any atom is 0.142 e. The van der Waals surface area contributed by atoms with E-state index in [1.807, 2.05) is 0 Å². The van der Waals surface area contributed by atoms with E-state index in [4.69, 9.17) is 4.42 Å². The number of para-hydroxylation sites is 1. The molecule has 0 spiro atoms. The molecule has 3 aliphatic carbocycles. The van der Waals surface area contributed by atoms with Crippen LogP contribution in [-0.4, -0.2) is 0 Å². The highest BCUT2D eigenvalue weighted by molar-refractivity contribution is 6.01. The van der Waals surface area contributed by atoms with Crippen LogP contribution < -0.4 is 20.9 Å². The summed E-state index contributed by atoms with van der Waals surface area (Å²) < 4.78 is 6.77. The molecular weight excluding hydrogens is 665 g/mol. The second-order valence-electron chi connectivity index (χ2n) is 14.8. The molecule has 3 aliphatic rings. The van der Waals surface area contributed by atoms with E-state index in [1.54, 1.807) is 0 Å². The Balaban J connectivity index is 1.25. The van der Waals surface area contributed by atoms with Crippen LogP contribution in [0.25, 0.3) is 102 Å². The van der Waals surface area contributed by atoms with Gasteiger partial charge in [-0.3, -0.25) is 0 Å². The lowest BCUT2D eigenvalue weighted by molar-refractivity contribution is 0.601. The van der Waals surface area contributed by atoms with Crippen molar-refractivity contribution in [3.05, 3.63) is 177 Å². The molecule has 1 heterocycles. The van der Waals surface area contributed by atoms with E-state index >= 15 is 0 Å². The lowest BCUT2D eigenvalue weighted by Crippen LogP contribution is -2.32. The van der Waals surface area contributed by atoms with E-state index in [1.165, 1.54) is 92.3 Å². The second kappa shape index (κ2) is 13.8. The van der Waals surface area contributed by atoms with Gasteiger partial charge in [-0.05, 0) is 133 Å². The van der Waals surface area contributed by atoms with Crippen molar-refractivity contribution >= 4 is 69.0 Å². The largest absolute Gasteiger partial charge is 0.456 e. The van der Waals surface area contributed by atoms with Crippen LogP contribution in [0.3, 0.4) is 0 Å². The molecule has 1 heteroatoms. The molecule has 55 heavy (non-hydrogen) atoms. The smallest absolute Gasteiger partial charge is 0.142 e. The lowest BCUT2D eigenvalue weighted by atomic mass is 9.83. The zero-order valence-electron chi connectivity index (χ0n) is 31.4. The predicted molar refractivity (Wildman–Crippen MR) is 237 cm³/mol. The molecule has 10 rings (SSSR count). The number of allylic oxidation sites excluding steroid dienone is 8. The zero-order valence-corrected chi connectivity index (χ0v) is 31.4. The summed E-state index contributed by atoms with van der Waals surface area (Å²) in [5.74, 6) is 0.957. The topological polar surface area (TPSA) is 13.1 Å². The van der Waals surface area contributed by atoms with Gasteiger partial charge in [0.05, 0.1) is 0 Å². The van der Waals surface area contributed by atoms with Crippen LogP contribution in [0.1, 0.15) is 49.1 Å². The lowest BCUT2D eigenvalue weighted by Gasteiger charge is -2.20. The van der Waals surface area contributed by atoms with E-state index in [9.17, 15) is 0 Å². The van der Waals surface area contributed by atoms with E-state index in [0.717, 1.165) is 42.6 Å². The third-order valence-corrected chi connectivity index (χ3v) is 11.6. The molecule has 0 amide bonds. The Kier molecular flexibility index (Phi) is 8.29. The Morgan fingerprint density at radius 3 is 2.31 bits per heavy atom. The maximum atomic E-state index is 6.77. The van der Waals surface area contributed by atoms with Crippen molar-refractivity contribution < 1.29 is 4.42 Å². The minimum absolute atomic E-state index is 0.844. The van der Waals surface area contributed by atoms with E-state index < -0.39 is 0 Å². The number of hydrogen-bond acceptors (Lipinski definition) is 1. The van der Waals surface area contributed by atoms with Gasteiger partial charge in [0, 0.05) is 22.1 Å². The Morgan fingerprint density at radius 1 is 0.618 bits per heavy atom. The summed E-state index contributed by atoms with van der Waals surface area (Å²) >= 11 is 0. The molecule has 1 nitrogen and oxygen atoms in total. The van der Waals surface area contributed by atoms with Crippen molar-refractivity contribution in [3.63, 3.8) is 0 Å². The SMILES string of the molecule is C/C=c1/c(-c2ccc3cc(-c4ccc5ccccc5c4)c4c(c3c2)=CCC=CC=4)c2c(c(-c3cccc4c5c(oc34)C=CC=CC5)/c1=C/CC)C=CC=CC2. The van der Waals surface area contributed by atoms with Crippen LogP contribution in [-0.2, 0) is 12.8 Å². The predicted octanol–water partition coefficient (Wildman–Crippen LogP) is 11.5. The Morgan fingerprint density at radius 2 is 1.44 bits per heavy atom. The normalized spacial score (nSPS) is 15.1. The average Bonchev–Trinajstić information content (AvgIpc) is 3.52. The number of benzene rings is 6. The van der Waals surface area contributed by atoms with Gasteiger partial charge in [-0.15, -0.1) is 0 Å². The molecule has 0 N–H and O–H groups in total. The molecule has 0 saturated carbocycles. The number of hydrogen-bond donors (Lipinski definition) is 0. The van der Waals surface area contributed by atoms with Crippen molar-refractivity contribution in [1.29, 1.82) is 0 Å². The van der Waals surface area contributed by atoms with Gasteiger partial charge >= 0.3 is 0 Å². The third kappa shape index (κ3) is 5.53. The van der Waals surface area contributed by atoms with Crippen LogP contribution in [0.4, 0.5) is 0 Å². The van der Waals surface area contributed by atoms with Crippen LogP contribution >= 0.6 is 0 Å². The first kappa shape index (κ1) is 33.2. The summed E-state index contributed by atoms with van der Waals surface area (Å²) in [6.07, 6.45) is 35.1. The minimum atomic E-state index is 0.844. The first-order chi connectivity index (χ1) is 27.2. The monoisotopic (exact) mass is 706 g/mol. The minimum Gasteiger partial charge on any atom is -0.456 e. The molecule has 0 bridgehead atoms. The fourth-order valence-electron chi connectivity index (χ4n) is 9.17. The molecule has 264 valence electrons. The fourth-order valence-corrected chi connectivity index (χ4v) is 9.17. The van der Waals surface area contributed by atoms with Crippen molar-refractivity contribution in [2.45, 2.75) is 39.5 Å². The summed E-state index contributed by atoms with van der Waals surface area (Å²) in [4.78, 5) is 0. The van der Waals surface area contributed by atoms with E-state index in [-0.39, 0.29) is 0 Å². The van der Waals surface area contributed by atoms with E-state index in [2.05, 4.69) is 184 Å². The molecule has 7 aromatic rings. The molecule has 0 unspecified atom stereocenters. The molecule has 0 fully saturated rings. The van der Waals surface area contributed by atoms with Crippen LogP contribution in [0, 0.1) is 0 Å². The number of fused-ring (bicyclic) bond motifs is 8. The van der Waals surface area contributed by atoms with Gasteiger partial charge in [-0.25, -0.2) is 0 Å². The van der Waals surface area contributed by atoms with Gasteiger partial charge in [-0.1, -0.05) is 153 Å². The molecule has 6 aromatic carbocycles. The summed E-state index contributed by atoms with van der Waals surface area (Å²) in [6, 6.07) is 31.8. The quantitative estimate of drug-likeness (QED) is 0.178. The molecule has 0 saturated heterocycles. The summed E-state index contributed by atoms with van der Waals surface area (Å²) in [6.45, 7) is 4.45. The van der Waals surface area contributed by atoms with E-state index in [0.29, 0.717) is 0 Å². The molecule has 0 atom stereocenters. The Labute approximate surface area is 322 Å². The second-order valence-corrected chi connectivity index (χ2v) is 14.8. The van der Waals surface area contributed by atoms with Crippen LogP contribution in [0.5, 0.6) is 0 Å². The van der Waals surface area contributed by atoms with Gasteiger partial charge in [0.25, 0.3) is 0 Å². The average molecular weight is 707 g/mol. The molecule has 1 aromatic heterocycles. The highest BCUT2D eigenvalue weighted by Crippen LogP contribution is 2.39. The van der Waals surface area contributed by atoms with Gasteiger partial charge < -0.3 is 4.42 Å². The highest BCUT2D eigenvalue weighted by Gasteiger charge is 2.23. The van der Waals surface area contributed by atoms with Gasteiger partial charge in [-0.2, -0.15) is 0 Å². The Bertz CT molecular complexity index is 3150. The van der Waals surface area contributed by atoms with Crippen molar-refractivity contribution in [2.24, 2.45) is 0 Å². The number of furan rings is 1. The van der Waals surface area contributed by atoms with Gasteiger partial charge in [0.15, 0.2) is 0 Å². The Hall–Kier alpha value is -6.44. The van der Waals surface area contributed by atoms with Gasteiger partial charge in [0.2, 0.25) is 0 Å². The number of rotatable bonds is 4. The van der Waals surface area contributed by atoms with Crippen LogP contribution in [0.2, 0.25) is 0 Å². The summed E-state index contributed by atoms with van der Waals surface area (Å²) in [5.41, 5.74) is 12.4. The molecular formula is C54H42O. The van der Waals surface area contributed by atoms with Crippen LogP contribution in [0.15, 0.2) is 138 Å². The molecule has 0 radical (unpaired) electrons. The summed E-state index contributed by atoms with van der Waals surface area (Å²) in [7, 11) is 0. The first-order valence-corrected chi connectivity index (χ1v) is 19.7.